The second-order valence-electron chi connectivity index (χ2n) is 6.23. The summed E-state index contributed by atoms with van der Waals surface area (Å²) >= 11 is 0. The van der Waals surface area contributed by atoms with Crippen molar-refractivity contribution in [2.75, 3.05) is 26.7 Å². The third-order valence-electron chi connectivity index (χ3n) is 3.81. The fourth-order valence-corrected chi connectivity index (χ4v) is 2.65. The number of nitrogens with one attached hydrogen (secondary N) is 2. The number of halogens is 1. The zero-order chi connectivity index (χ0) is 17.2. The molecule has 0 spiro atoms. The maximum absolute atomic E-state index is 13.1. The van der Waals surface area contributed by atoms with Crippen LogP contribution in [0.2, 0.25) is 0 Å². The van der Waals surface area contributed by atoms with Crippen LogP contribution in [-0.2, 0) is 6.42 Å². The molecule has 4 nitrogen and oxygen atoms in total. The SMILES string of the molecule is CN=C(NCCc1cccc(F)c1)NCCN(C(C)C)C(C)C. The van der Waals surface area contributed by atoms with Gasteiger partial charge in [0.2, 0.25) is 0 Å². The average molecular weight is 322 g/mol. The van der Waals surface area contributed by atoms with Crippen molar-refractivity contribution in [3.05, 3.63) is 35.6 Å². The number of benzene rings is 1. The van der Waals surface area contributed by atoms with Gasteiger partial charge in [-0.3, -0.25) is 9.89 Å². The smallest absolute Gasteiger partial charge is 0.191 e. The largest absolute Gasteiger partial charge is 0.356 e. The first-order valence-electron chi connectivity index (χ1n) is 8.38. The lowest BCUT2D eigenvalue weighted by Crippen LogP contribution is -2.45. The van der Waals surface area contributed by atoms with Crippen molar-refractivity contribution in [2.24, 2.45) is 4.99 Å². The van der Waals surface area contributed by atoms with E-state index in [0.29, 0.717) is 12.1 Å². The molecule has 5 heteroatoms. The maximum Gasteiger partial charge on any atom is 0.191 e. The summed E-state index contributed by atoms with van der Waals surface area (Å²) in [7, 11) is 1.76. The number of aliphatic imine (C=N–C) groups is 1. The Bertz CT molecular complexity index is 478. The van der Waals surface area contributed by atoms with E-state index in [2.05, 4.69) is 48.2 Å². The minimum Gasteiger partial charge on any atom is -0.356 e. The van der Waals surface area contributed by atoms with Crippen LogP contribution in [0.25, 0.3) is 0 Å². The molecule has 23 heavy (non-hydrogen) atoms. The lowest BCUT2D eigenvalue weighted by molar-refractivity contribution is 0.178. The fraction of sp³-hybridized carbons (Fsp3) is 0.611. The Morgan fingerprint density at radius 1 is 1.13 bits per heavy atom. The third-order valence-corrected chi connectivity index (χ3v) is 3.81. The first-order chi connectivity index (χ1) is 10.9. The van der Waals surface area contributed by atoms with Gasteiger partial charge in [0.05, 0.1) is 0 Å². The Labute approximate surface area is 140 Å². The monoisotopic (exact) mass is 322 g/mol. The summed E-state index contributed by atoms with van der Waals surface area (Å²) in [5.74, 6) is 0.598. The van der Waals surface area contributed by atoms with Gasteiger partial charge in [0, 0.05) is 38.8 Å². The zero-order valence-electron chi connectivity index (χ0n) is 15.1. The zero-order valence-corrected chi connectivity index (χ0v) is 15.1. The number of rotatable bonds is 8. The van der Waals surface area contributed by atoms with Crippen molar-refractivity contribution in [1.29, 1.82) is 0 Å². The molecule has 0 heterocycles. The molecule has 0 radical (unpaired) electrons. The second kappa shape index (κ2) is 10.2. The van der Waals surface area contributed by atoms with Crippen LogP contribution in [0.15, 0.2) is 29.3 Å². The Morgan fingerprint density at radius 3 is 2.35 bits per heavy atom. The predicted molar refractivity (Wildman–Crippen MR) is 96.4 cm³/mol. The van der Waals surface area contributed by atoms with Crippen LogP contribution in [0.4, 0.5) is 4.39 Å². The maximum atomic E-state index is 13.1. The Kier molecular flexibility index (Phi) is 8.62. The van der Waals surface area contributed by atoms with E-state index in [4.69, 9.17) is 0 Å². The van der Waals surface area contributed by atoms with E-state index in [0.717, 1.165) is 37.6 Å². The average Bonchev–Trinajstić information content (AvgIpc) is 2.49. The van der Waals surface area contributed by atoms with Gasteiger partial charge in [0.15, 0.2) is 5.96 Å². The normalized spacial score (nSPS) is 12.3. The topological polar surface area (TPSA) is 39.7 Å². The first kappa shape index (κ1) is 19.4. The summed E-state index contributed by atoms with van der Waals surface area (Å²) in [6.07, 6.45) is 0.766. The van der Waals surface area contributed by atoms with Crippen LogP contribution >= 0.6 is 0 Å². The first-order valence-corrected chi connectivity index (χ1v) is 8.38. The van der Waals surface area contributed by atoms with Crippen LogP contribution in [0.3, 0.4) is 0 Å². The van der Waals surface area contributed by atoms with Gasteiger partial charge in [-0.25, -0.2) is 4.39 Å². The molecule has 130 valence electrons. The molecule has 0 amide bonds. The van der Waals surface area contributed by atoms with Crippen molar-refractivity contribution in [3.63, 3.8) is 0 Å². The number of guanidine groups is 1. The van der Waals surface area contributed by atoms with Crippen molar-refractivity contribution in [1.82, 2.24) is 15.5 Å². The van der Waals surface area contributed by atoms with Crippen LogP contribution < -0.4 is 10.6 Å². The lowest BCUT2D eigenvalue weighted by atomic mass is 10.1. The van der Waals surface area contributed by atoms with E-state index >= 15 is 0 Å². The lowest BCUT2D eigenvalue weighted by Gasteiger charge is -2.30. The molecule has 0 aliphatic heterocycles. The Morgan fingerprint density at radius 2 is 1.78 bits per heavy atom. The van der Waals surface area contributed by atoms with Gasteiger partial charge in [0.1, 0.15) is 5.82 Å². The van der Waals surface area contributed by atoms with Gasteiger partial charge >= 0.3 is 0 Å². The molecule has 1 rings (SSSR count). The molecule has 0 saturated carbocycles. The van der Waals surface area contributed by atoms with Crippen LogP contribution in [0.1, 0.15) is 33.3 Å². The molecule has 0 saturated heterocycles. The summed E-state index contributed by atoms with van der Waals surface area (Å²) in [6.45, 7) is 11.4. The molecular weight excluding hydrogens is 291 g/mol. The van der Waals surface area contributed by atoms with Gasteiger partial charge in [-0.2, -0.15) is 0 Å². The molecule has 0 fully saturated rings. The van der Waals surface area contributed by atoms with Crippen molar-refractivity contribution < 1.29 is 4.39 Å². The van der Waals surface area contributed by atoms with Gasteiger partial charge in [-0.05, 0) is 51.8 Å². The van der Waals surface area contributed by atoms with Gasteiger partial charge in [0.25, 0.3) is 0 Å². The third kappa shape index (κ3) is 7.46. The van der Waals surface area contributed by atoms with E-state index in [1.54, 1.807) is 19.2 Å². The molecule has 0 aromatic heterocycles. The number of hydrogen-bond acceptors (Lipinski definition) is 2. The van der Waals surface area contributed by atoms with E-state index in [-0.39, 0.29) is 5.82 Å². The highest BCUT2D eigenvalue weighted by molar-refractivity contribution is 5.79. The van der Waals surface area contributed by atoms with E-state index in [1.165, 1.54) is 6.07 Å². The van der Waals surface area contributed by atoms with Gasteiger partial charge in [-0.15, -0.1) is 0 Å². The summed E-state index contributed by atoms with van der Waals surface area (Å²) in [6, 6.07) is 7.77. The van der Waals surface area contributed by atoms with Crippen molar-refractivity contribution >= 4 is 5.96 Å². The summed E-state index contributed by atoms with van der Waals surface area (Å²) in [5.41, 5.74) is 0.985. The molecular formula is C18H31FN4. The van der Waals surface area contributed by atoms with Crippen molar-refractivity contribution in [2.45, 2.75) is 46.2 Å². The Balaban J connectivity index is 2.32. The highest BCUT2D eigenvalue weighted by Gasteiger charge is 2.12. The van der Waals surface area contributed by atoms with E-state index in [9.17, 15) is 4.39 Å². The van der Waals surface area contributed by atoms with E-state index < -0.39 is 0 Å². The molecule has 0 aliphatic rings. The van der Waals surface area contributed by atoms with Crippen LogP contribution in [0, 0.1) is 5.82 Å². The molecule has 0 aliphatic carbocycles. The van der Waals surface area contributed by atoms with Crippen LogP contribution in [-0.4, -0.2) is 49.6 Å². The van der Waals surface area contributed by atoms with Gasteiger partial charge in [-0.1, -0.05) is 12.1 Å². The summed E-state index contributed by atoms with van der Waals surface area (Å²) in [4.78, 5) is 6.66. The van der Waals surface area contributed by atoms with Crippen LogP contribution in [0.5, 0.6) is 0 Å². The molecule has 0 atom stereocenters. The summed E-state index contributed by atoms with van der Waals surface area (Å²) < 4.78 is 13.1. The molecule has 1 aromatic carbocycles. The molecule has 1 aromatic rings. The molecule has 2 N–H and O–H groups in total. The highest BCUT2D eigenvalue weighted by atomic mass is 19.1. The quantitative estimate of drug-likeness (QED) is 0.571. The predicted octanol–water partition coefficient (Wildman–Crippen LogP) is 2.65. The second-order valence-corrected chi connectivity index (χ2v) is 6.23. The molecule has 0 unspecified atom stereocenters. The van der Waals surface area contributed by atoms with E-state index in [1.807, 2.05) is 6.07 Å². The van der Waals surface area contributed by atoms with Gasteiger partial charge < -0.3 is 10.6 Å². The minimum atomic E-state index is -0.188. The summed E-state index contributed by atoms with van der Waals surface area (Å²) in [5, 5.41) is 6.60. The highest BCUT2D eigenvalue weighted by Crippen LogP contribution is 2.04. The standard InChI is InChI=1S/C18H31FN4/c1-14(2)23(15(3)4)12-11-22-18(20-5)21-10-9-16-7-6-8-17(19)13-16/h6-8,13-15H,9-12H2,1-5H3,(H2,20,21,22). The fourth-order valence-electron chi connectivity index (χ4n) is 2.65. The Hall–Kier alpha value is -1.62. The number of hydrogen-bond donors (Lipinski definition) is 2. The number of nitrogens with zero attached hydrogens (tertiary/aromatic N) is 2. The minimum absolute atomic E-state index is 0.188. The molecule has 0 bridgehead atoms. The van der Waals surface area contributed by atoms with Crippen molar-refractivity contribution in [3.8, 4) is 0 Å².